The van der Waals surface area contributed by atoms with Gasteiger partial charge in [-0.25, -0.2) is 0 Å². The van der Waals surface area contributed by atoms with Crippen molar-refractivity contribution in [1.82, 2.24) is 0 Å². The number of carbonyl (C=O) groups is 1. The summed E-state index contributed by atoms with van der Waals surface area (Å²) in [4.78, 5) is 9.75. The van der Waals surface area contributed by atoms with Crippen molar-refractivity contribution in [1.29, 1.82) is 0 Å². The minimum Gasteiger partial charge on any atom is -0.386 e. The molecule has 0 saturated carbocycles. The van der Waals surface area contributed by atoms with Crippen LogP contribution in [0.25, 0.3) is 0 Å². The summed E-state index contributed by atoms with van der Waals surface area (Å²) in [5, 5.41) is 8.61. The summed E-state index contributed by atoms with van der Waals surface area (Å²) < 4.78 is 0. The third-order valence-electron chi connectivity index (χ3n) is 0.775. The molecule has 3 heteroatoms. The van der Waals surface area contributed by atoms with Gasteiger partial charge in [-0.05, 0) is 18.4 Å². The highest BCUT2D eigenvalue weighted by molar-refractivity contribution is 7.98. The smallest absolute Gasteiger partial charge is 0.148 e. The predicted octanol–water partition coefficient (Wildman–Crippen LogP) is 0.299. The summed E-state index contributed by atoms with van der Waals surface area (Å²) in [7, 11) is 0. The Kier molecular flexibility index (Phi) is 5.11. The third kappa shape index (κ3) is 4.15. The Bertz CT molecular complexity index is 65.4. The average Bonchev–Trinajstić information content (AvgIpc) is 1.83. The number of hydrogen-bond acceptors (Lipinski definition) is 3. The largest absolute Gasteiger partial charge is 0.386 e. The lowest BCUT2D eigenvalue weighted by Crippen LogP contribution is -2.07. The number of aldehydes is 1. The number of carbonyl (C=O) groups excluding carboxylic acids is 1. The van der Waals surface area contributed by atoms with Crippen LogP contribution in [0.3, 0.4) is 0 Å². The molecule has 0 heterocycles. The van der Waals surface area contributed by atoms with E-state index in [2.05, 4.69) is 0 Å². The van der Waals surface area contributed by atoms with E-state index in [1.54, 1.807) is 11.8 Å². The van der Waals surface area contributed by atoms with Crippen LogP contribution in [0.2, 0.25) is 0 Å². The maximum absolute atomic E-state index is 9.75. The average molecular weight is 134 g/mol. The topological polar surface area (TPSA) is 37.3 Å². The van der Waals surface area contributed by atoms with Gasteiger partial charge in [-0.2, -0.15) is 11.8 Å². The first-order chi connectivity index (χ1) is 3.81. The minimum atomic E-state index is -0.748. The van der Waals surface area contributed by atoms with Gasteiger partial charge in [0, 0.05) is 0 Å². The number of thioether (sulfide) groups is 1. The van der Waals surface area contributed by atoms with Crippen LogP contribution in [0.15, 0.2) is 0 Å². The van der Waals surface area contributed by atoms with Gasteiger partial charge in [-0.15, -0.1) is 0 Å². The Hall–Kier alpha value is -0.0200. The number of aliphatic hydroxyl groups excluding tert-OH is 1. The first-order valence-corrected chi connectivity index (χ1v) is 3.83. The molecule has 0 radical (unpaired) electrons. The zero-order valence-electron chi connectivity index (χ0n) is 4.83. The molecule has 0 aliphatic heterocycles. The Morgan fingerprint density at radius 3 is 2.88 bits per heavy atom. The predicted molar refractivity (Wildman–Crippen MR) is 35.1 cm³/mol. The lowest BCUT2D eigenvalue weighted by molar-refractivity contribution is -0.114. The van der Waals surface area contributed by atoms with Crippen molar-refractivity contribution >= 4 is 18.0 Å². The van der Waals surface area contributed by atoms with Crippen LogP contribution in [0.5, 0.6) is 0 Å². The van der Waals surface area contributed by atoms with Crippen LogP contribution < -0.4 is 0 Å². The fraction of sp³-hybridized carbons (Fsp3) is 0.800. The van der Waals surface area contributed by atoms with E-state index in [4.69, 9.17) is 5.11 Å². The van der Waals surface area contributed by atoms with Crippen molar-refractivity contribution in [3.05, 3.63) is 0 Å². The van der Waals surface area contributed by atoms with Gasteiger partial charge in [0.1, 0.15) is 12.4 Å². The van der Waals surface area contributed by atoms with Crippen LogP contribution in [-0.2, 0) is 4.79 Å². The number of aliphatic hydroxyl groups is 1. The molecule has 1 N–H and O–H groups in total. The molecule has 1 atom stereocenters. The van der Waals surface area contributed by atoms with Crippen LogP contribution in [-0.4, -0.2) is 29.5 Å². The molecule has 0 aliphatic carbocycles. The number of hydrogen-bond donors (Lipinski definition) is 1. The van der Waals surface area contributed by atoms with Gasteiger partial charge in [-0.3, -0.25) is 0 Å². The molecule has 2 nitrogen and oxygen atoms in total. The van der Waals surface area contributed by atoms with E-state index in [-0.39, 0.29) is 0 Å². The SMILES string of the molecule is CSCC[C@@H](O)C=O. The molecule has 0 saturated heterocycles. The molecular formula is C5H10O2S. The molecule has 0 fully saturated rings. The van der Waals surface area contributed by atoms with E-state index >= 15 is 0 Å². The van der Waals surface area contributed by atoms with Crippen molar-refractivity contribution in [3.8, 4) is 0 Å². The maximum Gasteiger partial charge on any atom is 0.148 e. The summed E-state index contributed by atoms with van der Waals surface area (Å²) in [6, 6.07) is 0. The molecule has 8 heavy (non-hydrogen) atoms. The lowest BCUT2D eigenvalue weighted by atomic mass is 10.3. The Balaban J connectivity index is 2.98. The molecule has 0 aromatic carbocycles. The standard InChI is InChI=1S/C5H10O2S/c1-8-3-2-5(7)4-6/h4-5,7H,2-3H2,1H3/t5-/m1/s1. The molecular weight excluding hydrogens is 124 g/mol. The molecule has 0 unspecified atom stereocenters. The quantitative estimate of drug-likeness (QED) is 0.562. The van der Waals surface area contributed by atoms with Crippen LogP contribution in [0.4, 0.5) is 0 Å². The lowest BCUT2D eigenvalue weighted by Gasteiger charge is -1.97. The Labute approximate surface area is 53.3 Å². The zero-order valence-corrected chi connectivity index (χ0v) is 5.65. The van der Waals surface area contributed by atoms with E-state index in [0.29, 0.717) is 12.7 Å². The molecule has 0 amide bonds. The van der Waals surface area contributed by atoms with E-state index in [0.717, 1.165) is 5.75 Å². The highest BCUT2D eigenvalue weighted by Crippen LogP contribution is 1.97. The fourth-order valence-electron chi connectivity index (χ4n) is 0.307. The summed E-state index contributed by atoms with van der Waals surface area (Å²) in [6.45, 7) is 0. The molecule has 0 aromatic rings. The monoisotopic (exact) mass is 134 g/mol. The van der Waals surface area contributed by atoms with Gasteiger partial charge in [-0.1, -0.05) is 0 Å². The van der Waals surface area contributed by atoms with Gasteiger partial charge >= 0.3 is 0 Å². The van der Waals surface area contributed by atoms with Gasteiger partial charge in [0.15, 0.2) is 0 Å². The number of rotatable bonds is 4. The molecule has 0 aliphatic rings. The summed E-state index contributed by atoms with van der Waals surface area (Å²) in [5.74, 6) is 0.847. The zero-order chi connectivity index (χ0) is 6.41. The summed E-state index contributed by atoms with van der Waals surface area (Å²) >= 11 is 1.63. The highest BCUT2D eigenvalue weighted by Gasteiger charge is 1.97. The van der Waals surface area contributed by atoms with Gasteiger partial charge in [0.25, 0.3) is 0 Å². The second-order valence-electron chi connectivity index (χ2n) is 1.48. The molecule has 0 bridgehead atoms. The minimum absolute atomic E-state index is 0.566. The molecule has 0 rings (SSSR count). The van der Waals surface area contributed by atoms with E-state index in [1.807, 2.05) is 6.26 Å². The first kappa shape index (κ1) is 7.98. The van der Waals surface area contributed by atoms with Crippen molar-refractivity contribution in [2.75, 3.05) is 12.0 Å². The van der Waals surface area contributed by atoms with Crippen LogP contribution in [0, 0.1) is 0 Å². The first-order valence-electron chi connectivity index (χ1n) is 2.43. The third-order valence-corrected chi connectivity index (χ3v) is 1.42. The molecule has 0 aromatic heterocycles. The van der Waals surface area contributed by atoms with Crippen molar-refractivity contribution in [3.63, 3.8) is 0 Å². The summed E-state index contributed by atoms with van der Waals surface area (Å²) in [6.07, 6.45) is 2.33. The van der Waals surface area contributed by atoms with E-state index in [1.165, 1.54) is 0 Å². The van der Waals surface area contributed by atoms with Crippen molar-refractivity contribution in [2.24, 2.45) is 0 Å². The van der Waals surface area contributed by atoms with Crippen molar-refractivity contribution < 1.29 is 9.90 Å². The van der Waals surface area contributed by atoms with Crippen LogP contribution >= 0.6 is 11.8 Å². The maximum atomic E-state index is 9.75. The molecule has 0 spiro atoms. The second kappa shape index (κ2) is 5.12. The van der Waals surface area contributed by atoms with Crippen molar-refractivity contribution in [2.45, 2.75) is 12.5 Å². The van der Waals surface area contributed by atoms with Gasteiger partial charge in [0.05, 0.1) is 0 Å². The Morgan fingerprint density at radius 2 is 2.50 bits per heavy atom. The highest BCUT2D eigenvalue weighted by atomic mass is 32.2. The van der Waals surface area contributed by atoms with E-state index in [9.17, 15) is 4.79 Å². The fourth-order valence-corrected chi connectivity index (χ4v) is 0.784. The second-order valence-corrected chi connectivity index (χ2v) is 2.47. The normalized spacial score (nSPS) is 13.2. The molecule has 48 valence electrons. The van der Waals surface area contributed by atoms with Gasteiger partial charge < -0.3 is 9.90 Å². The Morgan fingerprint density at radius 1 is 1.88 bits per heavy atom. The van der Waals surface area contributed by atoms with Gasteiger partial charge in [0.2, 0.25) is 0 Å². The summed E-state index contributed by atoms with van der Waals surface area (Å²) in [5.41, 5.74) is 0. The van der Waals surface area contributed by atoms with Crippen LogP contribution in [0.1, 0.15) is 6.42 Å². The van der Waals surface area contributed by atoms with E-state index < -0.39 is 6.10 Å².